The molecule has 7 nitrogen and oxygen atoms in total. The lowest BCUT2D eigenvalue weighted by Gasteiger charge is -2.36. The van der Waals surface area contributed by atoms with Gasteiger partial charge in [0.1, 0.15) is 6.04 Å². The Kier molecular flexibility index (Phi) is 6.02. The second-order valence-corrected chi connectivity index (χ2v) is 6.28. The summed E-state index contributed by atoms with van der Waals surface area (Å²) in [6, 6.07) is -0.667. The van der Waals surface area contributed by atoms with E-state index in [1.165, 1.54) is 4.90 Å². The first-order valence-corrected chi connectivity index (χ1v) is 8.22. The zero-order valence-corrected chi connectivity index (χ0v) is 13.6. The first-order valence-electron chi connectivity index (χ1n) is 8.22. The van der Waals surface area contributed by atoms with Gasteiger partial charge in [-0.3, -0.25) is 4.79 Å². The topological polar surface area (TPSA) is 76.1 Å². The number of hydrogen-bond acceptors (Lipinski definition) is 4. The van der Waals surface area contributed by atoms with Crippen molar-refractivity contribution in [3.05, 3.63) is 0 Å². The highest BCUT2D eigenvalue weighted by atomic mass is 16.3. The minimum Gasteiger partial charge on any atom is -0.391 e. The minimum absolute atomic E-state index is 0.125. The summed E-state index contributed by atoms with van der Waals surface area (Å²) >= 11 is 0. The Hall–Kier alpha value is -1.34. The van der Waals surface area contributed by atoms with E-state index >= 15 is 0 Å². The maximum atomic E-state index is 12.6. The van der Waals surface area contributed by atoms with Crippen LogP contribution in [-0.4, -0.2) is 90.2 Å². The molecule has 0 aromatic rings. The number of hydrogen-bond donors (Lipinski definition) is 2. The number of nitrogens with zero attached hydrogens (tertiary/aromatic N) is 3. The van der Waals surface area contributed by atoms with Crippen LogP contribution in [0.15, 0.2) is 0 Å². The van der Waals surface area contributed by atoms with E-state index < -0.39 is 12.1 Å². The smallest absolute Gasteiger partial charge is 0.320 e. The number of aliphatic hydroxyl groups is 1. The van der Waals surface area contributed by atoms with Gasteiger partial charge in [-0.1, -0.05) is 13.3 Å². The molecular weight excluding hydrogens is 284 g/mol. The highest BCUT2D eigenvalue weighted by Crippen LogP contribution is 2.20. The van der Waals surface area contributed by atoms with Crippen LogP contribution in [0.3, 0.4) is 0 Å². The molecule has 7 heteroatoms. The quantitative estimate of drug-likeness (QED) is 0.699. The molecule has 2 atom stereocenters. The average Bonchev–Trinajstić information content (AvgIpc) is 2.89. The first-order chi connectivity index (χ1) is 10.5. The van der Waals surface area contributed by atoms with Crippen molar-refractivity contribution in [2.24, 2.45) is 0 Å². The largest absolute Gasteiger partial charge is 0.391 e. The molecule has 0 radical (unpaired) electrons. The molecular formula is C15H28N4O3. The summed E-state index contributed by atoms with van der Waals surface area (Å²) in [6.07, 6.45) is 1.65. The number of likely N-dealkylation sites (tertiary alicyclic amines) is 1. The fraction of sp³-hybridized carbons (Fsp3) is 0.867. The Morgan fingerprint density at radius 2 is 1.91 bits per heavy atom. The van der Waals surface area contributed by atoms with E-state index in [0.29, 0.717) is 26.1 Å². The highest BCUT2D eigenvalue weighted by molar-refractivity contribution is 5.87. The molecule has 2 N–H and O–H groups in total. The average molecular weight is 312 g/mol. The summed E-state index contributed by atoms with van der Waals surface area (Å²) in [7, 11) is 2.03. The normalized spacial score (nSPS) is 26.3. The molecule has 3 amide bonds. The lowest BCUT2D eigenvalue weighted by Crippen LogP contribution is -2.55. The van der Waals surface area contributed by atoms with Crippen LogP contribution in [0.4, 0.5) is 4.79 Å². The molecule has 22 heavy (non-hydrogen) atoms. The van der Waals surface area contributed by atoms with Crippen LogP contribution >= 0.6 is 0 Å². The summed E-state index contributed by atoms with van der Waals surface area (Å²) in [5, 5.41) is 12.7. The number of β-amino-alcohol motifs (C(OH)–C–C–N with tert-alkyl or cyclic N) is 1. The van der Waals surface area contributed by atoms with Gasteiger partial charge in [0.25, 0.3) is 0 Å². The monoisotopic (exact) mass is 312 g/mol. The summed E-state index contributed by atoms with van der Waals surface area (Å²) in [5.74, 6) is -0.146. The van der Waals surface area contributed by atoms with Gasteiger partial charge in [-0.2, -0.15) is 0 Å². The van der Waals surface area contributed by atoms with Gasteiger partial charge < -0.3 is 25.1 Å². The maximum Gasteiger partial charge on any atom is 0.320 e. The number of carbonyl (C=O) groups is 2. The van der Waals surface area contributed by atoms with Crippen LogP contribution in [0.25, 0.3) is 0 Å². The van der Waals surface area contributed by atoms with Gasteiger partial charge in [0.15, 0.2) is 0 Å². The van der Waals surface area contributed by atoms with Crippen LogP contribution in [0.5, 0.6) is 0 Å². The van der Waals surface area contributed by atoms with Gasteiger partial charge in [0, 0.05) is 45.7 Å². The number of unbranched alkanes of at least 4 members (excludes halogenated alkanes) is 1. The summed E-state index contributed by atoms with van der Waals surface area (Å²) < 4.78 is 0. The van der Waals surface area contributed by atoms with E-state index in [4.69, 9.17) is 0 Å². The number of urea groups is 1. The van der Waals surface area contributed by atoms with Gasteiger partial charge in [-0.15, -0.1) is 0 Å². The fourth-order valence-corrected chi connectivity index (χ4v) is 2.96. The third kappa shape index (κ3) is 4.10. The Morgan fingerprint density at radius 3 is 2.55 bits per heavy atom. The number of piperazine rings is 1. The van der Waals surface area contributed by atoms with E-state index in [-0.39, 0.29) is 18.5 Å². The second-order valence-electron chi connectivity index (χ2n) is 6.28. The van der Waals surface area contributed by atoms with Gasteiger partial charge in [0.05, 0.1) is 6.10 Å². The molecule has 126 valence electrons. The number of amides is 3. The summed E-state index contributed by atoms with van der Waals surface area (Å²) in [6.45, 7) is 5.97. The third-order valence-electron chi connectivity index (χ3n) is 4.43. The molecule has 0 saturated carbocycles. The van der Waals surface area contributed by atoms with E-state index in [9.17, 15) is 14.7 Å². The number of rotatable bonds is 4. The molecule has 1 unspecified atom stereocenters. The Bertz CT molecular complexity index is 396. The van der Waals surface area contributed by atoms with E-state index in [1.807, 2.05) is 7.05 Å². The van der Waals surface area contributed by atoms with Crippen LogP contribution in [0.1, 0.15) is 26.2 Å². The number of nitrogens with one attached hydrogen (secondary N) is 1. The number of likely N-dealkylation sites (N-methyl/N-ethyl adjacent to an activating group) is 1. The van der Waals surface area contributed by atoms with Crippen molar-refractivity contribution >= 4 is 11.9 Å². The third-order valence-corrected chi connectivity index (χ3v) is 4.43. The summed E-state index contributed by atoms with van der Waals surface area (Å²) in [5.41, 5.74) is 0. The standard InChI is InChI=1S/C15H28N4O3/c1-3-4-5-16-14(21)13-10-12(20)11-19(13)15(22)18-8-6-17(2)7-9-18/h12-13,20H,3-11H2,1-2H3,(H,16,21)/t12-,13?/m1/s1. The SMILES string of the molecule is CCCCNC(=O)C1C[C@@H](O)CN1C(=O)N1CCN(C)CC1. The van der Waals surface area contributed by atoms with Crippen molar-refractivity contribution in [3.63, 3.8) is 0 Å². The molecule has 2 aliphatic heterocycles. The lowest BCUT2D eigenvalue weighted by molar-refractivity contribution is -0.124. The first kappa shape index (κ1) is 17.0. The van der Waals surface area contributed by atoms with Crippen molar-refractivity contribution < 1.29 is 14.7 Å². The molecule has 2 aliphatic rings. The molecule has 0 spiro atoms. The van der Waals surface area contributed by atoms with Gasteiger partial charge >= 0.3 is 6.03 Å². The molecule has 0 aromatic heterocycles. The maximum absolute atomic E-state index is 12.6. The zero-order chi connectivity index (χ0) is 16.1. The van der Waals surface area contributed by atoms with Crippen molar-refractivity contribution in [2.45, 2.75) is 38.3 Å². The van der Waals surface area contributed by atoms with Crippen LogP contribution in [0.2, 0.25) is 0 Å². The Morgan fingerprint density at radius 1 is 1.23 bits per heavy atom. The Labute approximate surface area is 132 Å². The number of carbonyl (C=O) groups excluding carboxylic acids is 2. The van der Waals surface area contributed by atoms with Crippen LogP contribution in [0, 0.1) is 0 Å². The van der Waals surface area contributed by atoms with E-state index in [2.05, 4.69) is 17.1 Å². The van der Waals surface area contributed by atoms with Crippen LogP contribution < -0.4 is 5.32 Å². The molecule has 0 bridgehead atoms. The van der Waals surface area contributed by atoms with Crippen molar-refractivity contribution in [1.82, 2.24) is 20.0 Å². The van der Waals surface area contributed by atoms with Crippen LogP contribution in [-0.2, 0) is 4.79 Å². The van der Waals surface area contributed by atoms with Gasteiger partial charge in [-0.05, 0) is 13.5 Å². The van der Waals surface area contributed by atoms with Gasteiger partial charge in [0.2, 0.25) is 5.91 Å². The lowest BCUT2D eigenvalue weighted by atomic mass is 10.2. The van der Waals surface area contributed by atoms with Gasteiger partial charge in [-0.25, -0.2) is 4.79 Å². The molecule has 2 heterocycles. The number of aliphatic hydroxyl groups excluding tert-OH is 1. The molecule has 2 fully saturated rings. The zero-order valence-electron chi connectivity index (χ0n) is 13.6. The molecule has 0 aromatic carbocycles. The van der Waals surface area contributed by atoms with Crippen molar-refractivity contribution in [3.8, 4) is 0 Å². The predicted octanol–water partition coefficient (Wildman–Crippen LogP) is -0.295. The van der Waals surface area contributed by atoms with E-state index in [1.54, 1.807) is 4.90 Å². The van der Waals surface area contributed by atoms with Crippen molar-refractivity contribution in [1.29, 1.82) is 0 Å². The predicted molar refractivity (Wildman–Crippen MR) is 83.5 cm³/mol. The molecule has 0 aliphatic carbocycles. The van der Waals surface area contributed by atoms with E-state index in [0.717, 1.165) is 25.9 Å². The van der Waals surface area contributed by atoms with Crippen molar-refractivity contribution in [2.75, 3.05) is 46.3 Å². The minimum atomic E-state index is -0.613. The fourth-order valence-electron chi connectivity index (χ4n) is 2.96. The molecule has 2 saturated heterocycles. The molecule has 2 rings (SSSR count). The Balaban J connectivity index is 1.94. The second kappa shape index (κ2) is 7.78. The highest BCUT2D eigenvalue weighted by Gasteiger charge is 2.40. The summed E-state index contributed by atoms with van der Waals surface area (Å²) in [4.78, 5) is 30.4.